The third kappa shape index (κ3) is 55.1. The fraction of sp³-hybridized carbons (Fsp3) is 0.919. The van der Waals surface area contributed by atoms with E-state index < -0.39 is 6.10 Å². The molecule has 0 aliphatic carbocycles. The van der Waals surface area contributed by atoms with Gasteiger partial charge in [0.15, 0.2) is 6.10 Å². The third-order valence-electron chi connectivity index (χ3n) is 14.0. The van der Waals surface area contributed by atoms with Crippen molar-refractivity contribution in [3.8, 4) is 0 Å². The molecule has 0 bridgehead atoms. The summed E-state index contributed by atoms with van der Waals surface area (Å²) in [5, 5.41) is 0. The van der Waals surface area contributed by atoms with Crippen LogP contribution in [0.5, 0.6) is 0 Å². The standard InChI is InChI=1S/C62H118O6/c1-4-7-10-13-16-19-22-25-28-30-31-33-34-37-40-43-46-49-52-55-61(64)67-58-59(57-66-60(63)54-51-48-45-42-39-36-27-24-21-18-15-12-9-6-3)68-62(65)56-53-50-47-44-41-38-35-32-29-26-23-20-17-14-11-8-5-2/h24,27,59H,4-23,25-26,28-58H2,1-3H3/b27-24-. The molecular weight excluding hydrogens is 841 g/mol. The van der Waals surface area contributed by atoms with Crippen LogP contribution in [0.15, 0.2) is 12.2 Å². The lowest BCUT2D eigenvalue weighted by Crippen LogP contribution is -2.30. The summed E-state index contributed by atoms with van der Waals surface area (Å²) in [7, 11) is 0. The van der Waals surface area contributed by atoms with Crippen LogP contribution in [0.2, 0.25) is 0 Å². The number of hydrogen-bond donors (Lipinski definition) is 0. The summed E-state index contributed by atoms with van der Waals surface area (Å²) >= 11 is 0. The second-order valence-corrected chi connectivity index (χ2v) is 21.0. The second-order valence-electron chi connectivity index (χ2n) is 21.0. The highest BCUT2D eigenvalue weighted by Crippen LogP contribution is 2.18. The molecule has 0 aromatic rings. The molecule has 0 fully saturated rings. The van der Waals surface area contributed by atoms with E-state index in [2.05, 4.69) is 32.9 Å². The molecule has 0 aliphatic heterocycles. The Bertz CT molecular complexity index is 1060. The van der Waals surface area contributed by atoms with Crippen LogP contribution in [0.4, 0.5) is 0 Å². The van der Waals surface area contributed by atoms with Crippen LogP contribution in [-0.2, 0) is 28.6 Å². The van der Waals surface area contributed by atoms with Crippen LogP contribution < -0.4 is 0 Å². The van der Waals surface area contributed by atoms with Crippen molar-refractivity contribution >= 4 is 17.9 Å². The van der Waals surface area contributed by atoms with Crippen LogP contribution in [0.25, 0.3) is 0 Å². The molecule has 68 heavy (non-hydrogen) atoms. The Morgan fingerprint density at radius 1 is 0.279 bits per heavy atom. The first-order valence-electron chi connectivity index (χ1n) is 30.7. The van der Waals surface area contributed by atoms with Crippen LogP contribution in [-0.4, -0.2) is 37.2 Å². The van der Waals surface area contributed by atoms with Gasteiger partial charge < -0.3 is 14.2 Å². The molecule has 0 saturated carbocycles. The van der Waals surface area contributed by atoms with E-state index in [1.54, 1.807) is 0 Å². The van der Waals surface area contributed by atoms with Gasteiger partial charge in [-0.25, -0.2) is 0 Å². The van der Waals surface area contributed by atoms with Crippen molar-refractivity contribution in [3.63, 3.8) is 0 Å². The lowest BCUT2D eigenvalue weighted by atomic mass is 10.0. The van der Waals surface area contributed by atoms with Crippen LogP contribution in [0.3, 0.4) is 0 Å². The molecule has 0 heterocycles. The van der Waals surface area contributed by atoms with E-state index in [0.29, 0.717) is 19.3 Å². The van der Waals surface area contributed by atoms with Gasteiger partial charge in [-0.3, -0.25) is 14.4 Å². The van der Waals surface area contributed by atoms with Gasteiger partial charge in [-0.15, -0.1) is 0 Å². The fourth-order valence-corrected chi connectivity index (χ4v) is 9.38. The van der Waals surface area contributed by atoms with E-state index >= 15 is 0 Å². The van der Waals surface area contributed by atoms with Gasteiger partial charge in [-0.1, -0.05) is 296 Å². The van der Waals surface area contributed by atoms with Gasteiger partial charge >= 0.3 is 17.9 Å². The lowest BCUT2D eigenvalue weighted by molar-refractivity contribution is -0.167. The minimum Gasteiger partial charge on any atom is -0.462 e. The van der Waals surface area contributed by atoms with Gasteiger partial charge in [-0.2, -0.15) is 0 Å². The molecule has 402 valence electrons. The molecule has 1 unspecified atom stereocenters. The molecule has 0 aromatic heterocycles. The van der Waals surface area contributed by atoms with Gasteiger partial charge in [0, 0.05) is 19.3 Å². The zero-order valence-electron chi connectivity index (χ0n) is 46.2. The van der Waals surface area contributed by atoms with Crippen molar-refractivity contribution in [1.82, 2.24) is 0 Å². The SMILES string of the molecule is CCCCCCC/C=C\CCCCCCCC(=O)OCC(COC(=O)CCCCCCCCCCCCCCCCCCCCC)OC(=O)CCCCCCCCCCCCCCCCCCC. The summed E-state index contributed by atoms with van der Waals surface area (Å²) in [6.45, 7) is 6.69. The van der Waals surface area contributed by atoms with E-state index in [-0.39, 0.29) is 31.1 Å². The first kappa shape index (κ1) is 66.2. The van der Waals surface area contributed by atoms with Crippen molar-refractivity contribution in [1.29, 1.82) is 0 Å². The Labute approximate surface area is 424 Å². The number of allylic oxidation sites excluding steroid dienone is 2. The van der Waals surface area contributed by atoms with E-state index in [9.17, 15) is 14.4 Å². The number of esters is 3. The summed E-state index contributed by atoms with van der Waals surface area (Å²) in [5.74, 6) is -0.847. The smallest absolute Gasteiger partial charge is 0.306 e. The maximum Gasteiger partial charge on any atom is 0.306 e. The molecule has 0 saturated heterocycles. The summed E-state index contributed by atoms with van der Waals surface area (Å²) in [6, 6.07) is 0. The average molecular weight is 960 g/mol. The fourth-order valence-electron chi connectivity index (χ4n) is 9.38. The number of carbonyl (C=O) groups is 3. The number of ether oxygens (including phenoxy) is 3. The van der Waals surface area contributed by atoms with E-state index in [0.717, 1.165) is 64.2 Å². The first-order chi connectivity index (χ1) is 33.5. The average Bonchev–Trinajstić information content (AvgIpc) is 3.34. The highest BCUT2D eigenvalue weighted by atomic mass is 16.6. The van der Waals surface area contributed by atoms with Crippen LogP contribution in [0, 0.1) is 0 Å². The number of unbranched alkanes of at least 4 members (excludes halogenated alkanes) is 44. The number of carbonyl (C=O) groups excluding carboxylic acids is 3. The minimum atomic E-state index is -0.768. The molecule has 0 spiro atoms. The predicted molar refractivity (Wildman–Crippen MR) is 293 cm³/mol. The summed E-state index contributed by atoms with van der Waals surface area (Å²) in [6.07, 6.45) is 66.4. The van der Waals surface area contributed by atoms with Gasteiger partial charge in [0.2, 0.25) is 0 Å². The van der Waals surface area contributed by atoms with Crippen molar-refractivity contribution in [2.45, 2.75) is 354 Å². The van der Waals surface area contributed by atoms with Crippen molar-refractivity contribution < 1.29 is 28.6 Å². The lowest BCUT2D eigenvalue weighted by Gasteiger charge is -2.18. The maximum absolute atomic E-state index is 12.9. The molecular formula is C62H118O6. The molecule has 6 heteroatoms. The van der Waals surface area contributed by atoms with Gasteiger partial charge in [-0.05, 0) is 44.9 Å². The van der Waals surface area contributed by atoms with Crippen LogP contribution in [0.1, 0.15) is 348 Å². The molecule has 0 aliphatic rings. The number of hydrogen-bond acceptors (Lipinski definition) is 6. The Balaban J connectivity index is 4.29. The highest BCUT2D eigenvalue weighted by Gasteiger charge is 2.19. The molecule has 0 radical (unpaired) electrons. The quantitative estimate of drug-likeness (QED) is 0.0262. The van der Waals surface area contributed by atoms with Crippen molar-refractivity contribution in [3.05, 3.63) is 12.2 Å². The normalized spacial score (nSPS) is 12.0. The van der Waals surface area contributed by atoms with Crippen LogP contribution >= 0.6 is 0 Å². The molecule has 0 aromatic carbocycles. The van der Waals surface area contributed by atoms with E-state index in [4.69, 9.17) is 14.2 Å². The van der Waals surface area contributed by atoms with E-state index in [1.807, 2.05) is 0 Å². The van der Waals surface area contributed by atoms with E-state index in [1.165, 1.54) is 244 Å². The zero-order valence-corrected chi connectivity index (χ0v) is 46.2. The minimum absolute atomic E-state index is 0.0661. The molecule has 0 N–H and O–H groups in total. The van der Waals surface area contributed by atoms with Crippen molar-refractivity contribution in [2.75, 3.05) is 13.2 Å². The number of rotatable bonds is 57. The highest BCUT2D eigenvalue weighted by molar-refractivity contribution is 5.71. The Morgan fingerprint density at radius 2 is 0.485 bits per heavy atom. The van der Waals surface area contributed by atoms with Crippen molar-refractivity contribution in [2.24, 2.45) is 0 Å². The third-order valence-corrected chi connectivity index (χ3v) is 14.0. The summed E-state index contributed by atoms with van der Waals surface area (Å²) < 4.78 is 16.9. The second kappa shape index (κ2) is 57.7. The van der Waals surface area contributed by atoms with Gasteiger partial charge in [0.1, 0.15) is 13.2 Å². The Hall–Kier alpha value is -1.85. The Kier molecular flexibility index (Phi) is 56.2. The summed E-state index contributed by atoms with van der Waals surface area (Å²) in [4.78, 5) is 38.2. The predicted octanol–water partition coefficient (Wildman–Crippen LogP) is 20.5. The topological polar surface area (TPSA) is 78.9 Å². The Morgan fingerprint density at radius 3 is 0.735 bits per heavy atom. The zero-order chi connectivity index (χ0) is 49.3. The largest absolute Gasteiger partial charge is 0.462 e. The molecule has 0 rings (SSSR count). The molecule has 1 atom stereocenters. The van der Waals surface area contributed by atoms with Gasteiger partial charge in [0.25, 0.3) is 0 Å². The first-order valence-corrected chi connectivity index (χ1v) is 30.7. The molecule has 0 amide bonds. The monoisotopic (exact) mass is 959 g/mol. The van der Waals surface area contributed by atoms with Gasteiger partial charge in [0.05, 0.1) is 0 Å². The maximum atomic E-state index is 12.9. The molecule has 6 nitrogen and oxygen atoms in total. The summed E-state index contributed by atoms with van der Waals surface area (Å²) in [5.41, 5.74) is 0.